The summed E-state index contributed by atoms with van der Waals surface area (Å²) in [4.78, 5) is 18.7. The molecule has 2 aromatic carbocycles. The van der Waals surface area contributed by atoms with E-state index in [0.29, 0.717) is 30.7 Å². The Morgan fingerprint density at radius 2 is 1.83 bits per heavy atom. The summed E-state index contributed by atoms with van der Waals surface area (Å²) in [6.45, 7) is 2.84. The molecule has 0 spiro atoms. The van der Waals surface area contributed by atoms with Crippen LogP contribution in [-0.2, 0) is 26.5 Å². The number of aliphatic hydroxyl groups excluding tert-OH is 4. The van der Waals surface area contributed by atoms with Crippen LogP contribution in [0.25, 0.3) is 11.1 Å². The van der Waals surface area contributed by atoms with E-state index in [9.17, 15) is 25.2 Å². The molecule has 2 saturated carbocycles. The Bertz CT molecular complexity index is 1560. The topological polar surface area (TPSA) is 142 Å². The minimum atomic E-state index is -1.76. The molecule has 1 aromatic heterocycles. The standard InChI is InChI=1S/C36H43ClN2O8/c1-21(6-5-17-39(2)34(43)33-31(41)30(40)32(42)35(44)47-33)22-9-12-28(37)23(18-22)20-45-36(14-15-36)27-19-38-16-13-25(27)26-7-3-4-8-29(26)46-24-10-11-24/h3-4,7-9,12-13,16,18-19,21,24,30-33,35,40-42,44H,5-6,10-11,14-15,17,20H2,1-2H3. The van der Waals surface area contributed by atoms with Crippen LogP contribution < -0.4 is 4.74 Å². The van der Waals surface area contributed by atoms with Crippen molar-refractivity contribution >= 4 is 17.5 Å². The van der Waals surface area contributed by atoms with Crippen LogP contribution in [0.4, 0.5) is 0 Å². The number of rotatable bonds is 13. The van der Waals surface area contributed by atoms with Crippen LogP contribution in [0.2, 0.25) is 5.02 Å². The molecule has 3 aromatic rings. The van der Waals surface area contributed by atoms with E-state index in [-0.39, 0.29) is 5.92 Å². The quantitative estimate of drug-likeness (QED) is 0.210. The molecular formula is C36H43ClN2O8. The van der Waals surface area contributed by atoms with Crippen molar-refractivity contribution in [2.45, 2.75) is 100 Å². The van der Waals surface area contributed by atoms with Crippen molar-refractivity contribution in [1.29, 1.82) is 0 Å². The molecule has 6 unspecified atom stereocenters. The number of carbonyl (C=O) groups is 1. The number of ether oxygens (including phenoxy) is 3. The summed E-state index contributed by atoms with van der Waals surface area (Å²) >= 11 is 6.66. The SMILES string of the molecule is CC(CCCN(C)C(=O)C1OC(O)C(O)C(O)C1O)c1ccc(Cl)c(COC2(c3cnccc3-c3ccccc3OC3CC3)CC2)c1. The summed E-state index contributed by atoms with van der Waals surface area (Å²) < 4.78 is 18.0. The first-order valence-electron chi connectivity index (χ1n) is 16.3. The molecule has 3 fully saturated rings. The van der Waals surface area contributed by atoms with Crippen LogP contribution in [0.3, 0.4) is 0 Å². The van der Waals surface area contributed by atoms with Gasteiger partial charge in [0.25, 0.3) is 5.91 Å². The van der Waals surface area contributed by atoms with Gasteiger partial charge in [-0.2, -0.15) is 0 Å². The predicted molar refractivity (Wildman–Crippen MR) is 175 cm³/mol. The molecule has 10 nitrogen and oxygen atoms in total. The number of hydrogen-bond donors (Lipinski definition) is 4. The fraction of sp³-hybridized carbons (Fsp3) is 0.500. The van der Waals surface area contributed by atoms with Gasteiger partial charge in [0, 0.05) is 42.1 Å². The van der Waals surface area contributed by atoms with Gasteiger partial charge < -0.3 is 39.5 Å². The number of amides is 1. The second-order valence-electron chi connectivity index (χ2n) is 13.1. The van der Waals surface area contributed by atoms with Gasteiger partial charge in [-0.1, -0.05) is 48.9 Å². The number of benzene rings is 2. The number of hydrogen-bond acceptors (Lipinski definition) is 9. The fourth-order valence-corrected chi connectivity index (χ4v) is 6.35. The van der Waals surface area contributed by atoms with Crippen LogP contribution >= 0.6 is 11.6 Å². The Morgan fingerprint density at radius 1 is 1.06 bits per heavy atom. The number of aliphatic hydroxyl groups is 4. The highest BCUT2D eigenvalue weighted by Crippen LogP contribution is 2.53. The van der Waals surface area contributed by atoms with E-state index in [1.165, 1.54) is 4.90 Å². The zero-order valence-electron chi connectivity index (χ0n) is 26.7. The summed E-state index contributed by atoms with van der Waals surface area (Å²) in [5, 5.41) is 40.3. The van der Waals surface area contributed by atoms with Gasteiger partial charge in [-0.3, -0.25) is 9.78 Å². The number of nitrogens with zero attached hydrogens (tertiary/aromatic N) is 2. The van der Waals surface area contributed by atoms with E-state index < -0.39 is 42.2 Å². The van der Waals surface area contributed by atoms with Gasteiger partial charge in [0.1, 0.15) is 24.1 Å². The van der Waals surface area contributed by atoms with E-state index in [0.717, 1.165) is 65.7 Å². The van der Waals surface area contributed by atoms with E-state index in [1.54, 1.807) is 7.05 Å². The molecule has 0 radical (unpaired) electrons. The Kier molecular flexibility index (Phi) is 10.2. The average Bonchev–Trinajstić information content (AvgIpc) is 4.02. The maximum Gasteiger partial charge on any atom is 0.254 e. The number of aromatic nitrogens is 1. The molecule has 11 heteroatoms. The highest BCUT2D eigenvalue weighted by atomic mass is 35.5. The molecule has 3 aliphatic rings. The zero-order chi connectivity index (χ0) is 33.3. The van der Waals surface area contributed by atoms with Crippen LogP contribution in [-0.4, -0.2) is 86.6 Å². The molecule has 47 heavy (non-hydrogen) atoms. The molecule has 1 saturated heterocycles. The number of para-hydroxylation sites is 1. The molecule has 6 atom stereocenters. The van der Waals surface area contributed by atoms with Gasteiger partial charge in [-0.15, -0.1) is 0 Å². The van der Waals surface area contributed by atoms with Gasteiger partial charge in [-0.25, -0.2) is 0 Å². The average molecular weight is 667 g/mol. The molecule has 4 N–H and O–H groups in total. The first-order chi connectivity index (χ1) is 22.6. The smallest absolute Gasteiger partial charge is 0.254 e. The summed E-state index contributed by atoms with van der Waals surface area (Å²) in [7, 11) is 1.57. The van der Waals surface area contributed by atoms with E-state index in [2.05, 4.69) is 24.0 Å². The molecule has 6 rings (SSSR count). The minimum absolute atomic E-state index is 0.160. The molecule has 1 aliphatic heterocycles. The lowest BCUT2D eigenvalue weighted by Gasteiger charge is -2.38. The Balaban J connectivity index is 1.07. The second kappa shape index (κ2) is 14.2. The molecule has 1 amide bonds. The van der Waals surface area contributed by atoms with Gasteiger partial charge in [0.05, 0.1) is 18.3 Å². The first kappa shape index (κ1) is 33.8. The number of pyridine rings is 1. The summed E-state index contributed by atoms with van der Waals surface area (Å²) in [6, 6.07) is 16.2. The summed E-state index contributed by atoms with van der Waals surface area (Å²) in [5.41, 5.74) is 4.73. The molecular weight excluding hydrogens is 624 g/mol. The third-order valence-corrected chi connectivity index (χ3v) is 9.86. The number of carbonyl (C=O) groups excluding carboxylic acids is 1. The number of likely N-dealkylation sites (N-methyl/N-ethyl adjacent to an activating group) is 1. The lowest BCUT2D eigenvalue weighted by Crippen LogP contribution is -2.61. The van der Waals surface area contributed by atoms with Crippen LogP contribution in [0, 0.1) is 0 Å². The van der Waals surface area contributed by atoms with Crippen molar-refractivity contribution in [2.24, 2.45) is 0 Å². The van der Waals surface area contributed by atoms with Crippen molar-refractivity contribution in [3.05, 3.63) is 82.6 Å². The highest BCUT2D eigenvalue weighted by molar-refractivity contribution is 6.31. The van der Waals surface area contributed by atoms with Gasteiger partial charge >= 0.3 is 0 Å². The van der Waals surface area contributed by atoms with E-state index >= 15 is 0 Å². The van der Waals surface area contributed by atoms with Crippen LogP contribution in [0.15, 0.2) is 60.9 Å². The summed E-state index contributed by atoms with van der Waals surface area (Å²) in [6.07, 6.45) is 1.14. The van der Waals surface area contributed by atoms with Crippen LogP contribution in [0.5, 0.6) is 5.75 Å². The van der Waals surface area contributed by atoms with Crippen molar-refractivity contribution < 1.29 is 39.4 Å². The van der Waals surface area contributed by atoms with Gasteiger partial charge in [0.15, 0.2) is 12.4 Å². The Labute approximate surface area is 279 Å². The van der Waals surface area contributed by atoms with Crippen molar-refractivity contribution in [1.82, 2.24) is 9.88 Å². The third-order valence-electron chi connectivity index (χ3n) is 9.49. The fourth-order valence-electron chi connectivity index (χ4n) is 6.18. The predicted octanol–water partition coefficient (Wildman–Crippen LogP) is 4.29. The molecule has 2 aliphatic carbocycles. The second-order valence-corrected chi connectivity index (χ2v) is 13.5. The normalized spacial score (nSPS) is 25.6. The van der Waals surface area contributed by atoms with Crippen molar-refractivity contribution in [2.75, 3.05) is 13.6 Å². The summed E-state index contributed by atoms with van der Waals surface area (Å²) in [5.74, 6) is 0.467. The first-order valence-corrected chi connectivity index (χ1v) is 16.7. The Morgan fingerprint density at radius 3 is 2.57 bits per heavy atom. The van der Waals surface area contributed by atoms with E-state index in [4.69, 9.17) is 25.8 Å². The van der Waals surface area contributed by atoms with Crippen molar-refractivity contribution in [3.8, 4) is 16.9 Å². The maximum atomic E-state index is 12.9. The van der Waals surface area contributed by atoms with Gasteiger partial charge in [-0.05, 0) is 79.3 Å². The maximum absolute atomic E-state index is 12.9. The highest BCUT2D eigenvalue weighted by Gasteiger charge is 2.48. The minimum Gasteiger partial charge on any atom is -0.490 e. The largest absolute Gasteiger partial charge is 0.490 e. The monoisotopic (exact) mass is 666 g/mol. The molecule has 0 bridgehead atoms. The van der Waals surface area contributed by atoms with Crippen molar-refractivity contribution in [3.63, 3.8) is 0 Å². The van der Waals surface area contributed by atoms with Gasteiger partial charge in [0.2, 0.25) is 0 Å². The zero-order valence-corrected chi connectivity index (χ0v) is 27.4. The Hall–Kier alpha value is -3.09. The van der Waals surface area contributed by atoms with E-state index in [1.807, 2.05) is 48.8 Å². The lowest BCUT2D eigenvalue weighted by molar-refractivity contribution is -0.277. The van der Waals surface area contributed by atoms with Crippen LogP contribution in [0.1, 0.15) is 68.1 Å². The third kappa shape index (κ3) is 7.49. The molecule has 2 heterocycles. The lowest BCUT2D eigenvalue weighted by atomic mass is 9.94. The number of halogens is 1. The molecule has 252 valence electrons.